The first-order valence-corrected chi connectivity index (χ1v) is 11.1. The zero-order chi connectivity index (χ0) is 22.0. The van der Waals surface area contributed by atoms with Gasteiger partial charge in [-0.25, -0.2) is 4.98 Å². The molecule has 0 bridgehead atoms. The minimum Gasteiger partial charge on any atom is -0.497 e. The van der Waals surface area contributed by atoms with Crippen molar-refractivity contribution in [1.29, 1.82) is 0 Å². The monoisotopic (exact) mass is 432 g/mol. The van der Waals surface area contributed by atoms with E-state index in [1.165, 1.54) is 5.56 Å². The summed E-state index contributed by atoms with van der Waals surface area (Å²) in [5.41, 5.74) is 1.47. The number of carbonyl (C=O) groups is 1. The maximum atomic E-state index is 13.0. The lowest BCUT2D eigenvalue weighted by Crippen LogP contribution is -2.53. The maximum absolute atomic E-state index is 13.0. The topological polar surface area (TPSA) is 68.6 Å². The molecule has 166 valence electrons. The molecule has 1 spiro atoms. The van der Waals surface area contributed by atoms with Crippen molar-refractivity contribution in [1.82, 2.24) is 14.5 Å². The third-order valence-electron chi connectivity index (χ3n) is 6.39. The van der Waals surface area contributed by atoms with Crippen LogP contribution < -0.4 is 10.1 Å². The average molecular weight is 433 g/mol. The second-order valence-electron chi connectivity index (χ2n) is 8.49. The van der Waals surface area contributed by atoms with E-state index < -0.39 is 11.7 Å². The fourth-order valence-electron chi connectivity index (χ4n) is 4.72. The largest absolute Gasteiger partial charge is 0.497 e. The summed E-state index contributed by atoms with van der Waals surface area (Å²) in [7, 11) is 1.69. The Kier molecular flexibility index (Phi) is 5.68. The molecule has 0 saturated carbocycles. The molecule has 1 aromatic heterocycles. The maximum Gasteiger partial charge on any atom is 0.255 e. The van der Waals surface area contributed by atoms with Gasteiger partial charge in [-0.15, -0.1) is 0 Å². The van der Waals surface area contributed by atoms with Crippen LogP contribution in [0.4, 0.5) is 5.69 Å². The number of fused-ring (bicyclic) bond motifs is 2. The number of para-hydroxylation sites is 1. The predicted octanol–water partition coefficient (Wildman–Crippen LogP) is 3.42. The van der Waals surface area contributed by atoms with Crippen molar-refractivity contribution in [2.24, 2.45) is 0 Å². The first kappa shape index (κ1) is 20.7. The van der Waals surface area contributed by atoms with E-state index in [1.54, 1.807) is 13.3 Å². The number of anilines is 1. The van der Waals surface area contributed by atoms with Gasteiger partial charge in [0.1, 0.15) is 17.2 Å². The van der Waals surface area contributed by atoms with Crippen LogP contribution in [0.1, 0.15) is 24.2 Å². The summed E-state index contributed by atoms with van der Waals surface area (Å²) in [4.78, 5) is 20.0. The van der Waals surface area contributed by atoms with Gasteiger partial charge in [-0.2, -0.15) is 0 Å². The summed E-state index contributed by atoms with van der Waals surface area (Å²) in [5.74, 6) is 1.69. The number of nitrogens with one attached hydrogen (secondary N) is 1. The Labute approximate surface area is 188 Å². The zero-order valence-electron chi connectivity index (χ0n) is 18.2. The predicted molar refractivity (Wildman–Crippen MR) is 121 cm³/mol. The molecule has 1 unspecified atom stereocenters. The molecule has 3 aromatic rings. The van der Waals surface area contributed by atoms with Crippen molar-refractivity contribution in [2.75, 3.05) is 25.5 Å². The van der Waals surface area contributed by atoms with Crippen LogP contribution in [0.15, 0.2) is 67.0 Å². The standard InChI is InChI=1S/C25H28N4O3/c1-31-21-9-5-6-19(16-21)17-28-13-10-25(11-14-28)24-26-12-15-29(24)18-22(32-25)23(30)27-20-7-3-2-4-8-20/h2-9,12,15-16,22H,10-11,13-14,17-18H2,1H3,(H,27,30). The minimum atomic E-state index is -0.554. The first-order chi connectivity index (χ1) is 15.6. The smallest absolute Gasteiger partial charge is 0.255 e. The molecule has 0 radical (unpaired) electrons. The van der Waals surface area contributed by atoms with Gasteiger partial charge >= 0.3 is 0 Å². The van der Waals surface area contributed by atoms with E-state index in [0.717, 1.165) is 49.7 Å². The van der Waals surface area contributed by atoms with Crippen LogP contribution in [0.2, 0.25) is 0 Å². The summed E-state index contributed by atoms with van der Waals surface area (Å²) in [6, 6.07) is 17.7. The summed E-state index contributed by atoms with van der Waals surface area (Å²) in [5, 5.41) is 2.99. The van der Waals surface area contributed by atoms with Crippen molar-refractivity contribution >= 4 is 11.6 Å². The van der Waals surface area contributed by atoms with E-state index in [2.05, 4.69) is 31.9 Å². The van der Waals surface area contributed by atoms with Crippen molar-refractivity contribution in [3.05, 3.63) is 78.4 Å². The summed E-state index contributed by atoms with van der Waals surface area (Å²) in [6.07, 6.45) is 4.79. The van der Waals surface area contributed by atoms with Gasteiger partial charge in [0.05, 0.1) is 13.7 Å². The number of ether oxygens (including phenoxy) is 2. The van der Waals surface area contributed by atoms with Gasteiger partial charge in [-0.05, 0) is 42.7 Å². The molecule has 2 aliphatic heterocycles. The van der Waals surface area contributed by atoms with Gasteiger partial charge in [0, 0.05) is 37.7 Å². The van der Waals surface area contributed by atoms with Crippen LogP contribution in [-0.2, 0) is 28.2 Å². The normalized spacial score (nSPS) is 20.0. The van der Waals surface area contributed by atoms with Crippen LogP contribution in [-0.4, -0.2) is 46.7 Å². The Morgan fingerprint density at radius 2 is 2.00 bits per heavy atom. The van der Waals surface area contributed by atoms with Crippen molar-refractivity contribution in [3.63, 3.8) is 0 Å². The molecule has 1 saturated heterocycles. The number of rotatable bonds is 5. The Morgan fingerprint density at radius 1 is 1.19 bits per heavy atom. The lowest BCUT2D eigenvalue weighted by atomic mass is 9.88. The summed E-state index contributed by atoms with van der Waals surface area (Å²) >= 11 is 0. The number of imidazole rings is 1. The van der Waals surface area contributed by atoms with Crippen LogP contribution in [0.3, 0.4) is 0 Å². The number of benzene rings is 2. The molecular formula is C25H28N4O3. The van der Waals surface area contributed by atoms with Gasteiger partial charge in [0.2, 0.25) is 0 Å². The van der Waals surface area contributed by atoms with Crippen molar-refractivity contribution in [3.8, 4) is 5.75 Å². The fourth-order valence-corrected chi connectivity index (χ4v) is 4.72. The van der Waals surface area contributed by atoms with E-state index in [0.29, 0.717) is 6.54 Å². The number of amides is 1. The molecule has 32 heavy (non-hydrogen) atoms. The third-order valence-corrected chi connectivity index (χ3v) is 6.39. The van der Waals surface area contributed by atoms with Crippen LogP contribution >= 0.6 is 0 Å². The van der Waals surface area contributed by atoms with Gasteiger partial charge in [0.15, 0.2) is 6.10 Å². The molecule has 7 heteroatoms. The Morgan fingerprint density at radius 3 is 2.78 bits per heavy atom. The fraction of sp³-hybridized carbons (Fsp3) is 0.360. The molecule has 3 heterocycles. The highest BCUT2D eigenvalue weighted by molar-refractivity contribution is 5.94. The molecular weight excluding hydrogens is 404 g/mol. The molecule has 1 amide bonds. The molecule has 2 aromatic carbocycles. The lowest BCUT2D eigenvalue weighted by molar-refractivity contribution is -0.170. The van der Waals surface area contributed by atoms with E-state index in [-0.39, 0.29) is 5.91 Å². The number of carbonyl (C=O) groups excluding carboxylic acids is 1. The molecule has 1 atom stereocenters. The molecule has 0 aliphatic carbocycles. The molecule has 1 fully saturated rings. The Bertz CT molecular complexity index is 1070. The zero-order valence-corrected chi connectivity index (χ0v) is 18.2. The van der Waals surface area contributed by atoms with Crippen LogP contribution in [0, 0.1) is 0 Å². The number of hydrogen-bond donors (Lipinski definition) is 1. The SMILES string of the molecule is COc1cccc(CN2CCC3(CC2)OC(C(=O)Nc2ccccc2)Cn2ccnc23)c1. The quantitative estimate of drug-likeness (QED) is 0.669. The molecule has 5 rings (SSSR count). The van der Waals surface area contributed by atoms with Gasteiger partial charge in [0.25, 0.3) is 5.91 Å². The highest BCUT2D eigenvalue weighted by Crippen LogP contribution is 2.40. The second-order valence-corrected chi connectivity index (χ2v) is 8.49. The van der Waals surface area contributed by atoms with E-state index >= 15 is 0 Å². The number of aromatic nitrogens is 2. The van der Waals surface area contributed by atoms with Crippen molar-refractivity contribution in [2.45, 2.75) is 37.6 Å². The van der Waals surface area contributed by atoms with Crippen LogP contribution in [0.25, 0.3) is 0 Å². The molecule has 7 nitrogen and oxygen atoms in total. The number of likely N-dealkylation sites (tertiary alicyclic amines) is 1. The van der Waals surface area contributed by atoms with Crippen molar-refractivity contribution < 1.29 is 14.3 Å². The average Bonchev–Trinajstić information content (AvgIpc) is 3.31. The summed E-state index contributed by atoms with van der Waals surface area (Å²) < 4.78 is 14.0. The van der Waals surface area contributed by atoms with Gasteiger partial charge in [-0.1, -0.05) is 30.3 Å². The van der Waals surface area contributed by atoms with E-state index in [4.69, 9.17) is 9.47 Å². The molecule has 2 aliphatic rings. The lowest BCUT2D eigenvalue weighted by Gasteiger charge is -2.45. The second kappa shape index (κ2) is 8.76. The highest BCUT2D eigenvalue weighted by Gasteiger charge is 2.47. The van der Waals surface area contributed by atoms with Crippen LogP contribution in [0.5, 0.6) is 5.75 Å². The van der Waals surface area contributed by atoms with Gasteiger partial charge < -0.3 is 19.4 Å². The summed E-state index contributed by atoms with van der Waals surface area (Å²) in [6.45, 7) is 3.08. The Balaban J connectivity index is 1.29. The minimum absolute atomic E-state index is 0.117. The third kappa shape index (κ3) is 4.13. The number of nitrogens with zero attached hydrogens (tertiary/aromatic N) is 3. The highest BCUT2D eigenvalue weighted by atomic mass is 16.5. The number of piperidine rings is 1. The van der Waals surface area contributed by atoms with E-state index in [1.807, 2.05) is 48.7 Å². The Hall–Kier alpha value is -3.16. The van der Waals surface area contributed by atoms with Gasteiger partial charge in [-0.3, -0.25) is 9.69 Å². The molecule has 1 N–H and O–H groups in total. The number of methoxy groups -OCH3 is 1. The first-order valence-electron chi connectivity index (χ1n) is 11.1. The van der Waals surface area contributed by atoms with E-state index in [9.17, 15) is 4.79 Å². The number of hydrogen-bond acceptors (Lipinski definition) is 5.